The van der Waals surface area contributed by atoms with Crippen LogP contribution in [-0.4, -0.2) is 0 Å². The summed E-state index contributed by atoms with van der Waals surface area (Å²) in [5.41, 5.74) is 5.48. The summed E-state index contributed by atoms with van der Waals surface area (Å²) in [6.45, 7) is 0. The number of hydrogen-bond donors (Lipinski definition) is 0. The minimum absolute atomic E-state index is 0.270. The van der Waals surface area contributed by atoms with Gasteiger partial charge < -0.3 is 0 Å². The fourth-order valence-electron chi connectivity index (χ4n) is 4.88. The van der Waals surface area contributed by atoms with Gasteiger partial charge in [0.25, 0.3) is 0 Å². The molecule has 0 aromatic heterocycles. The molecule has 0 bridgehead atoms. The Morgan fingerprint density at radius 1 is 0.353 bits per heavy atom. The third-order valence-electron chi connectivity index (χ3n) is 6.44. The highest BCUT2D eigenvalue weighted by molar-refractivity contribution is 6.12. The normalized spacial score (nSPS) is 11.2. The summed E-state index contributed by atoms with van der Waals surface area (Å²) >= 11 is 0. The Morgan fingerprint density at radius 3 is 1.35 bits per heavy atom. The van der Waals surface area contributed by atoms with Crippen LogP contribution in [0.3, 0.4) is 0 Å². The molecular weight excluding hydrogens is 422 g/mol. The summed E-state index contributed by atoms with van der Waals surface area (Å²) in [5, 5.41) is 4.22. The second-order valence-corrected chi connectivity index (χ2v) is 8.40. The van der Waals surface area contributed by atoms with E-state index in [9.17, 15) is 8.78 Å². The van der Waals surface area contributed by atoms with Crippen LogP contribution in [0.5, 0.6) is 0 Å². The van der Waals surface area contributed by atoms with Crippen LogP contribution < -0.4 is 0 Å². The average Bonchev–Trinajstić information content (AvgIpc) is 2.89. The molecule has 0 heterocycles. The molecule has 0 radical (unpaired) electrons. The van der Waals surface area contributed by atoms with Crippen LogP contribution in [0.2, 0.25) is 0 Å². The van der Waals surface area contributed by atoms with Gasteiger partial charge in [-0.3, -0.25) is 0 Å². The number of fused-ring (bicyclic) bond motifs is 2. The van der Waals surface area contributed by atoms with E-state index in [0.717, 1.165) is 33.4 Å². The molecule has 0 aliphatic carbocycles. The van der Waals surface area contributed by atoms with E-state index in [1.807, 2.05) is 42.5 Å². The fraction of sp³-hybridized carbons (Fsp3) is 0. The van der Waals surface area contributed by atoms with Crippen LogP contribution in [-0.2, 0) is 0 Å². The SMILES string of the molecule is Fc1ccc(F)c(-c2ccc(-c3ccc(-c4ccccc4)c4ccccc34)c3ccccc23)c1. The standard InChI is InChI=1S/C32H20F2/c33-22-14-19-32(34)31(20-22)30-18-17-29(26-12-6-7-13-27(26)30)28-16-15-23(21-8-2-1-3-9-21)24-10-4-5-11-25(24)28/h1-20H. The van der Waals surface area contributed by atoms with Gasteiger partial charge in [0, 0.05) is 5.56 Å². The molecule has 0 N–H and O–H groups in total. The zero-order valence-corrected chi connectivity index (χ0v) is 18.3. The highest BCUT2D eigenvalue weighted by Gasteiger charge is 2.15. The molecule has 34 heavy (non-hydrogen) atoms. The van der Waals surface area contributed by atoms with E-state index in [1.54, 1.807) is 0 Å². The van der Waals surface area contributed by atoms with Crippen LogP contribution in [0, 0.1) is 11.6 Å². The number of hydrogen-bond acceptors (Lipinski definition) is 0. The Hall–Kier alpha value is -4.30. The van der Waals surface area contributed by atoms with Gasteiger partial charge in [-0.15, -0.1) is 0 Å². The molecule has 0 saturated heterocycles. The number of benzene rings is 6. The summed E-state index contributed by atoms with van der Waals surface area (Å²) < 4.78 is 28.6. The smallest absolute Gasteiger partial charge is 0.131 e. The van der Waals surface area contributed by atoms with Crippen LogP contribution in [0.15, 0.2) is 121 Å². The Bertz CT molecular complexity index is 1670. The Labute approximate surface area is 196 Å². The zero-order chi connectivity index (χ0) is 23.1. The Balaban J connectivity index is 1.62. The van der Waals surface area contributed by atoms with Crippen molar-refractivity contribution in [2.24, 2.45) is 0 Å². The van der Waals surface area contributed by atoms with Crippen molar-refractivity contribution < 1.29 is 8.78 Å². The summed E-state index contributed by atoms with van der Waals surface area (Å²) in [6, 6.07) is 38.6. The van der Waals surface area contributed by atoms with E-state index < -0.39 is 11.6 Å². The largest absolute Gasteiger partial charge is 0.207 e. The van der Waals surface area contributed by atoms with E-state index in [0.29, 0.717) is 5.56 Å². The first-order valence-corrected chi connectivity index (χ1v) is 11.3. The van der Waals surface area contributed by atoms with Crippen molar-refractivity contribution in [1.29, 1.82) is 0 Å². The molecular formula is C32H20F2. The Kier molecular flexibility index (Phi) is 4.92. The summed E-state index contributed by atoms with van der Waals surface area (Å²) in [6.07, 6.45) is 0. The van der Waals surface area contributed by atoms with Gasteiger partial charge in [-0.25, -0.2) is 8.78 Å². The monoisotopic (exact) mass is 442 g/mol. The van der Waals surface area contributed by atoms with Gasteiger partial charge in [-0.05, 0) is 67.6 Å². The minimum Gasteiger partial charge on any atom is -0.207 e. The van der Waals surface area contributed by atoms with Gasteiger partial charge in [0.05, 0.1) is 0 Å². The Morgan fingerprint density at radius 2 is 0.794 bits per heavy atom. The molecule has 0 aliphatic rings. The summed E-state index contributed by atoms with van der Waals surface area (Å²) in [7, 11) is 0. The van der Waals surface area contributed by atoms with Crippen molar-refractivity contribution in [3.05, 3.63) is 133 Å². The highest BCUT2D eigenvalue weighted by atomic mass is 19.1. The number of halogens is 2. The van der Waals surface area contributed by atoms with Gasteiger partial charge in [-0.2, -0.15) is 0 Å². The molecule has 0 nitrogen and oxygen atoms in total. The molecule has 2 heteroatoms. The van der Waals surface area contributed by atoms with Crippen LogP contribution in [0.4, 0.5) is 8.78 Å². The molecule has 162 valence electrons. The van der Waals surface area contributed by atoms with Gasteiger partial charge >= 0.3 is 0 Å². The van der Waals surface area contributed by atoms with Crippen molar-refractivity contribution in [1.82, 2.24) is 0 Å². The lowest BCUT2D eigenvalue weighted by atomic mass is 9.88. The summed E-state index contributed by atoms with van der Waals surface area (Å²) in [5.74, 6) is -0.885. The fourth-order valence-corrected chi connectivity index (χ4v) is 4.88. The zero-order valence-electron chi connectivity index (χ0n) is 18.3. The average molecular weight is 443 g/mol. The molecule has 0 saturated carbocycles. The molecule has 0 unspecified atom stereocenters. The molecule has 6 rings (SSSR count). The van der Waals surface area contributed by atoms with E-state index in [-0.39, 0.29) is 5.56 Å². The van der Waals surface area contributed by atoms with Crippen LogP contribution >= 0.6 is 0 Å². The topological polar surface area (TPSA) is 0 Å². The van der Waals surface area contributed by atoms with Crippen LogP contribution in [0.1, 0.15) is 0 Å². The molecule has 0 spiro atoms. The van der Waals surface area contributed by atoms with E-state index in [4.69, 9.17) is 0 Å². The van der Waals surface area contributed by atoms with Crippen molar-refractivity contribution >= 4 is 21.5 Å². The lowest BCUT2D eigenvalue weighted by molar-refractivity contribution is 0.603. The predicted molar refractivity (Wildman–Crippen MR) is 138 cm³/mol. The molecule has 0 atom stereocenters. The third kappa shape index (κ3) is 3.36. The van der Waals surface area contributed by atoms with Crippen molar-refractivity contribution in [2.75, 3.05) is 0 Å². The molecule has 6 aromatic carbocycles. The quantitative estimate of drug-likeness (QED) is 0.256. The highest BCUT2D eigenvalue weighted by Crippen LogP contribution is 2.41. The lowest BCUT2D eigenvalue weighted by Crippen LogP contribution is -1.91. The van der Waals surface area contributed by atoms with Crippen molar-refractivity contribution in [2.45, 2.75) is 0 Å². The molecule has 0 fully saturated rings. The molecule has 6 aromatic rings. The maximum absolute atomic E-state index is 14.7. The van der Waals surface area contributed by atoms with E-state index in [1.165, 1.54) is 28.6 Å². The third-order valence-corrected chi connectivity index (χ3v) is 6.44. The maximum atomic E-state index is 14.7. The van der Waals surface area contributed by atoms with E-state index in [2.05, 4.69) is 60.7 Å². The maximum Gasteiger partial charge on any atom is 0.131 e. The minimum atomic E-state index is -0.452. The van der Waals surface area contributed by atoms with Gasteiger partial charge in [0.2, 0.25) is 0 Å². The van der Waals surface area contributed by atoms with Crippen LogP contribution in [0.25, 0.3) is 54.9 Å². The van der Waals surface area contributed by atoms with Crippen molar-refractivity contribution in [3.63, 3.8) is 0 Å². The van der Waals surface area contributed by atoms with Crippen molar-refractivity contribution in [3.8, 4) is 33.4 Å². The first-order chi connectivity index (χ1) is 16.7. The van der Waals surface area contributed by atoms with E-state index >= 15 is 0 Å². The molecule has 0 amide bonds. The lowest BCUT2D eigenvalue weighted by Gasteiger charge is -2.16. The summed E-state index contributed by atoms with van der Waals surface area (Å²) in [4.78, 5) is 0. The van der Waals surface area contributed by atoms with Gasteiger partial charge in [0.15, 0.2) is 0 Å². The second kappa shape index (κ2) is 8.24. The predicted octanol–water partition coefficient (Wildman–Crippen LogP) is 9.27. The van der Waals surface area contributed by atoms with Gasteiger partial charge in [-0.1, -0.05) is 103 Å². The molecule has 0 aliphatic heterocycles. The van der Waals surface area contributed by atoms with Gasteiger partial charge in [0.1, 0.15) is 11.6 Å². The second-order valence-electron chi connectivity index (χ2n) is 8.40. The number of rotatable bonds is 3. The first-order valence-electron chi connectivity index (χ1n) is 11.3. The first kappa shape index (κ1) is 20.3.